The summed E-state index contributed by atoms with van der Waals surface area (Å²) < 4.78 is 5.07. The number of aromatic amines is 1. The van der Waals surface area contributed by atoms with Gasteiger partial charge in [0.15, 0.2) is 5.78 Å². The smallest absolute Gasteiger partial charge is 0.355 e. The van der Waals surface area contributed by atoms with Crippen molar-refractivity contribution in [3.05, 3.63) is 52.6 Å². The Kier molecular flexibility index (Phi) is 7.60. The Morgan fingerprint density at radius 1 is 1.26 bits per heavy atom. The predicted octanol–water partition coefficient (Wildman–Crippen LogP) is 3.78. The van der Waals surface area contributed by atoms with Crippen molar-refractivity contribution in [1.29, 1.82) is 0 Å². The third-order valence-corrected chi connectivity index (χ3v) is 4.83. The summed E-state index contributed by atoms with van der Waals surface area (Å²) in [4.78, 5) is 47.3. The van der Waals surface area contributed by atoms with Crippen LogP contribution in [0.2, 0.25) is 0 Å². The fraction of sp³-hybridized carbons (Fsp3) is 0.478. The number of pyridine rings is 1. The first-order valence-electron chi connectivity index (χ1n) is 10.3. The molecule has 0 aromatic carbocycles. The Balaban J connectivity index is 2.39. The van der Waals surface area contributed by atoms with E-state index < -0.39 is 17.6 Å². The summed E-state index contributed by atoms with van der Waals surface area (Å²) in [6.07, 6.45) is 3.32. The van der Waals surface area contributed by atoms with E-state index in [2.05, 4.69) is 15.3 Å². The summed E-state index contributed by atoms with van der Waals surface area (Å²) in [7, 11) is 0. The van der Waals surface area contributed by atoms with Crippen molar-refractivity contribution in [2.75, 3.05) is 6.61 Å². The summed E-state index contributed by atoms with van der Waals surface area (Å²) in [5.74, 6) is -0.762. The van der Waals surface area contributed by atoms with Gasteiger partial charge in [0, 0.05) is 35.7 Å². The van der Waals surface area contributed by atoms with Crippen LogP contribution in [0.4, 0.5) is 4.79 Å². The minimum atomic E-state index is -0.772. The number of aryl methyl sites for hydroxylation is 1. The van der Waals surface area contributed by atoms with Gasteiger partial charge in [-0.25, -0.2) is 9.59 Å². The van der Waals surface area contributed by atoms with Crippen molar-refractivity contribution in [3.8, 4) is 0 Å². The molecule has 0 saturated heterocycles. The van der Waals surface area contributed by atoms with Gasteiger partial charge in [0.05, 0.1) is 12.6 Å². The number of ether oxygens (including phenoxy) is 1. The van der Waals surface area contributed by atoms with Gasteiger partial charge in [0.25, 0.3) is 0 Å². The number of aromatic nitrogens is 2. The van der Waals surface area contributed by atoms with Crippen LogP contribution in [0, 0.1) is 13.8 Å². The number of hydrogen-bond donors (Lipinski definition) is 2. The maximum Gasteiger partial charge on any atom is 0.355 e. The minimum Gasteiger partial charge on any atom is -0.461 e. The summed E-state index contributed by atoms with van der Waals surface area (Å²) in [5, 5.41) is 2.93. The first-order chi connectivity index (χ1) is 14.5. The van der Waals surface area contributed by atoms with Crippen LogP contribution in [0.15, 0.2) is 24.5 Å². The highest BCUT2D eigenvalue weighted by Gasteiger charge is 2.32. The number of urea groups is 1. The van der Waals surface area contributed by atoms with Crippen LogP contribution in [0.25, 0.3) is 0 Å². The van der Waals surface area contributed by atoms with E-state index >= 15 is 0 Å². The number of Topliss-reactive ketones (excluding diaryl/α,β-unsaturated/α-hetero) is 1. The van der Waals surface area contributed by atoms with Gasteiger partial charge in [-0.2, -0.15) is 0 Å². The van der Waals surface area contributed by atoms with E-state index in [0.29, 0.717) is 16.8 Å². The highest BCUT2D eigenvalue weighted by Crippen LogP contribution is 2.23. The van der Waals surface area contributed by atoms with E-state index in [0.717, 1.165) is 5.56 Å². The lowest BCUT2D eigenvalue weighted by atomic mass is 9.99. The molecule has 168 valence electrons. The fourth-order valence-corrected chi connectivity index (χ4v) is 3.34. The highest BCUT2D eigenvalue weighted by molar-refractivity contribution is 6.06. The molecule has 1 atom stereocenters. The van der Waals surface area contributed by atoms with Crippen molar-refractivity contribution in [3.63, 3.8) is 0 Å². The molecule has 0 fully saturated rings. The monoisotopic (exact) mass is 428 g/mol. The molecule has 0 aliphatic heterocycles. The number of nitrogens with zero attached hydrogens (tertiary/aromatic N) is 2. The lowest BCUT2D eigenvalue weighted by molar-refractivity contribution is 0.0519. The minimum absolute atomic E-state index is 0.218. The number of rotatable bonds is 7. The number of carbonyl (C=O) groups is 3. The van der Waals surface area contributed by atoms with Gasteiger partial charge in [-0.15, -0.1) is 0 Å². The highest BCUT2D eigenvalue weighted by atomic mass is 16.5. The molecule has 2 aromatic heterocycles. The lowest BCUT2D eigenvalue weighted by Gasteiger charge is -2.32. The van der Waals surface area contributed by atoms with E-state index in [9.17, 15) is 14.4 Å². The summed E-state index contributed by atoms with van der Waals surface area (Å²) in [5.41, 5.74) is 2.08. The van der Waals surface area contributed by atoms with Gasteiger partial charge >= 0.3 is 12.0 Å². The van der Waals surface area contributed by atoms with Crippen LogP contribution >= 0.6 is 0 Å². The molecular formula is C23H32N4O4. The first-order valence-corrected chi connectivity index (χ1v) is 10.3. The number of amides is 2. The van der Waals surface area contributed by atoms with Crippen molar-refractivity contribution in [1.82, 2.24) is 20.2 Å². The molecule has 0 aliphatic carbocycles. The second-order valence-electron chi connectivity index (χ2n) is 8.56. The molecule has 31 heavy (non-hydrogen) atoms. The lowest BCUT2D eigenvalue weighted by Crippen LogP contribution is -2.52. The fourth-order valence-electron chi connectivity index (χ4n) is 3.34. The summed E-state index contributed by atoms with van der Waals surface area (Å²) in [6.45, 7) is 13.0. The topological polar surface area (TPSA) is 104 Å². The number of esters is 1. The van der Waals surface area contributed by atoms with Crippen LogP contribution in [0.1, 0.15) is 72.3 Å². The number of carbonyl (C=O) groups excluding carboxylic acids is 3. The van der Waals surface area contributed by atoms with E-state index in [1.807, 2.05) is 26.8 Å². The van der Waals surface area contributed by atoms with Crippen LogP contribution in [-0.2, 0) is 11.3 Å². The third-order valence-electron chi connectivity index (χ3n) is 4.83. The van der Waals surface area contributed by atoms with Crippen molar-refractivity contribution < 1.29 is 19.1 Å². The summed E-state index contributed by atoms with van der Waals surface area (Å²) >= 11 is 0. The second kappa shape index (κ2) is 9.76. The molecule has 0 saturated carbocycles. The zero-order chi connectivity index (χ0) is 23.3. The van der Waals surface area contributed by atoms with Gasteiger partial charge in [0.1, 0.15) is 5.69 Å². The number of hydrogen-bond acceptors (Lipinski definition) is 5. The van der Waals surface area contributed by atoms with Gasteiger partial charge in [0.2, 0.25) is 0 Å². The van der Waals surface area contributed by atoms with Crippen LogP contribution < -0.4 is 5.32 Å². The molecule has 2 rings (SSSR count). The standard InChI is InChI=1S/C23H32N4O4/c1-8-31-21(29)19-14(2)18(15(3)25-19)20(28)16(4)27(22(30)26-23(5,6)7)13-17-10-9-11-24-12-17/h9-12,16,25H,8,13H2,1-7H3,(H,26,30). The Morgan fingerprint density at radius 3 is 2.48 bits per heavy atom. The molecule has 0 bridgehead atoms. The van der Waals surface area contributed by atoms with E-state index in [1.54, 1.807) is 46.2 Å². The average Bonchev–Trinajstić information content (AvgIpc) is 2.99. The van der Waals surface area contributed by atoms with Crippen molar-refractivity contribution >= 4 is 17.8 Å². The molecular weight excluding hydrogens is 396 g/mol. The molecule has 2 heterocycles. The Labute approximate surface area is 183 Å². The van der Waals surface area contributed by atoms with Crippen LogP contribution in [-0.4, -0.2) is 50.8 Å². The van der Waals surface area contributed by atoms with Crippen molar-refractivity contribution in [2.24, 2.45) is 0 Å². The number of nitrogens with one attached hydrogen (secondary N) is 2. The quantitative estimate of drug-likeness (QED) is 0.516. The molecule has 8 nitrogen and oxygen atoms in total. The van der Waals surface area contributed by atoms with Gasteiger partial charge < -0.3 is 19.9 Å². The van der Waals surface area contributed by atoms with E-state index in [-0.39, 0.29) is 30.7 Å². The zero-order valence-corrected chi connectivity index (χ0v) is 19.3. The average molecular weight is 429 g/mol. The molecule has 2 aromatic rings. The van der Waals surface area contributed by atoms with E-state index in [1.165, 1.54) is 4.90 Å². The van der Waals surface area contributed by atoms with Crippen LogP contribution in [0.3, 0.4) is 0 Å². The Bertz CT molecular complexity index is 944. The third kappa shape index (κ3) is 5.93. The Morgan fingerprint density at radius 2 is 1.94 bits per heavy atom. The van der Waals surface area contributed by atoms with Crippen LogP contribution in [0.5, 0.6) is 0 Å². The largest absolute Gasteiger partial charge is 0.461 e. The summed E-state index contributed by atoms with van der Waals surface area (Å²) in [6, 6.07) is 2.51. The first kappa shape index (κ1) is 24.1. The molecule has 0 spiro atoms. The SMILES string of the molecule is CCOC(=O)c1[nH]c(C)c(C(=O)C(C)N(Cc2cccnc2)C(=O)NC(C)(C)C)c1C. The number of ketones is 1. The predicted molar refractivity (Wildman–Crippen MR) is 118 cm³/mol. The van der Waals surface area contributed by atoms with Gasteiger partial charge in [-0.3, -0.25) is 9.78 Å². The number of H-pyrrole nitrogens is 1. The molecule has 0 radical (unpaired) electrons. The maximum atomic E-state index is 13.5. The molecule has 2 amide bonds. The molecule has 2 N–H and O–H groups in total. The Hall–Kier alpha value is -3.16. The normalized spacial score (nSPS) is 12.2. The zero-order valence-electron chi connectivity index (χ0n) is 19.3. The van der Waals surface area contributed by atoms with Crippen molar-refractivity contribution in [2.45, 2.75) is 66.6 Å². The van der Waals surface area contributed by atoms with Gasteiger partial charge in [-0.05, 0) is 65.7 Å². The van der Waals surface area contributed by atoms with Gasteiger partial charge in [-0.1, -0.05) is 6.07 Å². The molecule has 8 heteroatoms. The molecule has 1 unspecified atom stereocenters. The molecule has 0 aliphatic rings. The van der Waals surface area contributed by atoms with E-state index in [4.69, 9.17) is 4.74 Å². The second-order valence-corrected chi connectivity index (χ2v) is 8.56. The maximum absolute atomic E-state index is 13.5.